The molecule has 0 aliphatic heterocycles. The summed E-state index contributed by atoms with van der Waals surface area (Å²) in [4.78, 5) is 7.47. The van der Waals surface area contributed by atoms with Gasteiger partial charge in [0.05, 0.1) is 0 Å². The first-order valence-corrected chi connectivity index (χ1v) is 9.29. The number of H-pyrrole nitrogens is 1. The summed E-state index contributed by atoms with van der Waals surface area (Å²) < 4.78 is 13.4. The van der Waals surface area contributed by atoms with Crippen molar-refractivity contribution in [3.8, 4) is 17.1 Å². The maximum Gasteiger partial charge on any atom is 0.137 e. The van der Waals surface area contributed by atoms with Crippen LogP contribution in [0.25, 0.3) is 11.4 Å². The standard InChI is InChI=1S/C24H21FN2O/c25-22-8-6-19(7-9-22)21(14-17-4-10-23(28)11-5-17)16-18-2-1-3-20(15-18)24-26-12-13-27-24/h1-13,15,21,28H,14,16H2,(H,26,27). The van der Waals surface area contributed by atoms with Gasteiger partial charge < -0.3 is 10.1 Å². The number of nitrogens with one attached hydrogen (secondary N) is 1. The van der Waals surface area contributed by atoms with Crippen LogP contribution in [0.2, 0.25) is 0 Å². The van der Waals surface area contributed by atoms with Crippen LogP contribution < -0.4 is 0 Å². The van der Waals surface area contributed by atoms with Crippen LogP contribution in [-0.2, 0) is 12.8 Å². The number of rotatable bonds is 6. The lowest BCUT2D eigenvalue weighted by molar-refractivity contribution is 0.475. The molecular formula is C24H21FN2O. The molecule has 0 saturated carbocycles. The number of phenolic OH excluding ortho intramolecular Hbond substituents is 1. The highest BCUT2D eigenvalue weighted by Gasteiger charge is 2.15. The van der Waals surface area contributed by atoms with E-state index in [0.29, 0.717) is 0 Å². The van der Waals surface area contributed by atoms with Crippen LogP contribution in [0.3, 0.4) is 0 Å². The van der Waals surface area contributed by atoms with Crippen molar-refractivity contribution in [3.63, 3.8) is 0 Å². The van der Waals surface area contributed by atoms with E-state index in [9.17, 15) is 9.50 Å². The number of hydrogen-bond donors (Lipinski definition) is 2. The van der Waals surface area contributed by atoms with E-state index in [0.717, 1.165) is 35.4 Å². The Hall–Kier alpha value is -3.40. The fraction of sp³-hybridized carbons (Fsp3) is 0.125. The number of benzene rings is 3. The summed E-state index contributed by atoms with van der Waals surface area (Å²) in [7, 11) is 0. The minimum absolute atomic E-state index is 0.192. The number of aromatic amines is 1. The van der Waals surface area contributed by atoms with Crippen LogP contribution in [0.15, 0.2) is 85.2 Å². The normalized spacial score (nSPS) is 12.0. The summed E-state index contributed by atoms with van der Waals surface area (Å²) in [5.74, 6) is 1.07. The molecule has 0 aliphatic carbocycles. The van der Waals surface area contributed by atoms with Gasteiger partial charge in [-0.25, -0.2) is 9.37 Å². The van der Waals surface area contributed by atoms with Crippen molar-refractivity contribution in [2.45, 2.75) is 18.8 Å². The minimum Gasteiger partial charge on any atom is -0.508 e. The molecule has 3 aromatic carbocycles. The van der Waals surface area contributed by atoms with Crippen LogP contribution in [-0.4, -0.2) is 15.1 Å². The van der Waals surface area contributed by atoms with Crippen LogP contribution in [0, 0.1) is 5.82 Å². The highest BCUT2D eigenvalue weighted by Crippen LogP contribution is 2.28. The number of imidazole rings is 1. The molecule has 0 saturated heterocycles. The zero-order valence-corrected chi connectivity index (χ0v) is 15.3. The second-order valence-corrected chi connectivity index (χ2v) is 6.96. The van der Waals surface area contributed by atoms with Crippen LogP contribution >= 0.6 is 0 Å². The Morgan fingerprint density at radius 3 is 2.36 bits per heavy atom. The predicted molar refractivity (Wildman–Crippen MR) is 109 cm³/mol. The Kier molecular flexibility index (Phi) is 5.20. The van der Waals surface area contributed by atoms with Gasteiger partial charge in [0, 0.05) is 18.0 Å². The highest BCUT2D eigenvalue weighted by atomic mass is 19.1. The van der Waals surface area contributed by atoms with Gasteiger partial charge >= 0.3 is 0 Å². The average molecular weight is 372 g/mol. The number of halogens is 1. The van der Waals surface area contributed by atoms with E-state index in [-0.39, 0.29) is 17.5 Å². The Balaban J connectivity index is 1.62. The summed E-state index contributed by atoms with van der Waals surface area (Å²) in [5, 5.41) is 9.54. The van der Waals surface area contributed by atoms with Gasteiger partial charge in [0.15, 0.2) is 0 Å². The zero-order chi connectivity index (χ0) is 19.3. The molecule has 1 unspecified atom stereocenters. The third-order valence-corrected chi connectivity index (χ3v) is 4.94. The van der Waals surface area contributed by atoms with Crippen LogP contribution in [0.1, 0.15) is 22.6 Å². The maximum absolute atomic E-state index is 13.4. The van der Waals surface area contributed by atoms with Crippen molar-refractivity contribution in [2.75, 3.05) is 0 Å². The maximum atomic E-state index is 13.4. The molecule has 1 aromatic heterocycles. The number of aromatic nitrogens is 2. The quantitative estimate of drug-likeness (QED) is 0.470. The second kappa shape index (κ2) is 8.09. The Morgan fingerprint density at radius 1 is 0.893 bits per heavy atom. The van der Waals surface area contributed by atoms with Crippen molar-refractivity contribution in [3.05, 3.63) is 108 Å². The number of hydrogen-bond acceptors (Lipinski definition) is 2. The van der Waals surface area contributed by atoms with E-state index in [1.54, 1.807) is 18.3 Å². The molecular weight excluding hydrogens is 351 g/mol. The van der Waals surface area contributed by atoms with Gasteiger partial charge in [-0.1, -0.05) is 42.5 Å². The molecule has 0 spiro atoms. The molecule has 28 heavy (non-hydrogen) atoms. The van der Waals surface area contributed by atoms with Gasteiger partial charge in [-0.3, -0.25) is 0 Å². The zero-order valence-electron chi connectivity index (χ0n) is 15.3. The molecule has 4 heteroatoms. The molecule has 0 radical (unpaired) electrons. The van der Waals surface area contributed by atoms with Gasteiger partial charge in [0.1, 0.15) is 17.4 Å². The van der Waals surface area contributed by atoms with Gasteiger partial charge in [0.25, 0.3) is 0 Å². The van der Waals surface area contributed by atoms with E-state index in [2.05, 4.69) is 22.1 Å². The summed E-state index contributed by atoms with van der Waals surface area (Å²) in [6.45, 7) is 0. The van der Waals surface area contributed by atoms with E-state index in [4.69, 9.17) is 0 Å². The van der Waals surface area contributed by atoms with Gasteiger partial charge in [-0.2, -0.15) is 0 Å². The van der Waals surface area contributed by atoms with Crippen molar-refractivity contribution >= 4 is 0 Å². The Labute approximate surface area is 163 Å². The van der Waals surface area contributed by atoms with Crippen molar-refractivity contribution in [1.82, 2.24) is 9.97 Å². The smallest absolute Gasteiger partial charge is 0.137 e. The summed E-state index contributed by atoms with van der Waals surface area (Å²) in [6, 6.07) is 22.3. The summed E-state index contributed by atoms with van der Waals surface area (Å²) in [6.07, 6.45) is 5.18. The topological polar surface area (TPSA) is 48.9 Å². The molecule has 3 nitrogen and oxygen atoms in total. The highest BCUT2D eigenvalue weighted by molar-refractivity contribution is 5.56. The molecule has 1 atom stereocenters. The van der Waals surface area contributed by atoms with Crippen molar-refractivity contribution < 1.29 is 9.50 Å². The lowest BCUT2D eigenvalue weighted by atomic mass is 9.86. The largest absolute Gasteiger partial charge is 0.508 e. The fourth-order valence-corrected chi connectivity index (χ4v) is 3.51. The van der Waals surface area contributed by atoms with Crippen LogP contribution in [0.4, 0.5) is 4.39 Å². The first kappa shape index (κ1) is 18.0. The van der Waals surface area contributed by atoms with Crippen molar-refractivity contribution in [2.24, 2.45) is 0 Å². The lowest BCUT2D eigenvalue weighted by Gasteiger charge is -2.18. The molecule has 0 bridgehead atoms. The predicted octanol–water partition coefficient (Wildman–Crippen LogP) is 5.49. The molecule has 0 aliphatic rings. The number of nitrogens with zero attached hydrogens (tertiary/aromatic N) is 1. The molecule has 2 N–H and O–H groups in total. The molecule has 4 aromatic rings. The van der Waals surface area contributed by atoms with E-state index >= 15 is 0 Å². The van der Waals surface area contributed by atoms with E-state index < -0.39 is 0 Å². The van der Waals surface area contributed by atoms with E-state index in [1.165, 1.54) is 17.7 Å². The lowest BCUT2D eigenvalue weighted by Crippen LogP contribution is -2.07. The van der Waals surface area contributed by atoms with Crippen molar-refractivity contribution in [1.29, 1.82) is 0 Å². The average Bonchev–Trinajstić information content (AvgIpc) is 3.25. The summed E-state index contributed by atoms with van der Waals surface area (Å²) >= 11 is 0. The van der Waals surface area contributed by atoms with Gasteiger partial charge in [-0.05, 0) is 65.8 Å². The number of phenols is 1. The third kappa shape index (κ3) is 4.29. The molecule has 4 rings (SSSR count). The molecule has 0 fully saturated rings. The SMILES string of the molecule is Oc1ccc(CC(Cc2cccc(-c3ncc[nH]3)c2)c2ccc(F)cc2)cc1. The Bertz CT molecular complexity index is 1030. The fourth-order valence-electron chi connectivity index (χ4n) is 3.51. The first-order valence-electron chi connectivity index (χ1n) is 9.29. The van der Waals surface area contributed by atoms with Crippen LogP contribution in [0.5, 0.6) is 5.75 Å². The molecule has 0 amide bonds. The van der Waals surface area contributed by atoms with Gasteiger partial charge in [0.2, 0.25) is 0 Å². The minimum atomic E-state index is -0.230. The molecule has 140 valence electrons. The third-order valence-electron chi connectivity index (χ3n) is 4.94. The number of aromatic hydroxyl groups is 1. The first-order chi connectivity index (χ1) is 13.7. The monoisotopic (exact) mass is 372 g/mol. The van der Waals surface area contributed by atoms with Gasteiger partial charge in [-0.15, -0.1) is 0 Å². The second-order valence-electron chi connectivity index (χ2n) is 6.96. The van der Waals surface area contributed by atoms with E-state index in [1.807, 2.05) is 42.6 Å². The Morgan fingerprint density at radius 2 is 1.64 bits per heavy atom. The summed E-state index contributed by atoms with van der Waals surface area (Å²) in [5.41, 5.74) is 4.47. The molecule has 1 heterocycles.